The zero-order valence-electron chi connectivity index (χ0n) is 12.3. The van der Waals surface area contributed by atoms with Gasteiger partial charge in [0.2, 0.25) is 0 Å². The predicted octanol–water partition coefficient (Wildman–Crippen LogP) is 6.69. The predicted molar refractivity (Wildman–Crippen MR) is 101 cm³/mol. The summed E-state index contributed by atoms with van der Waals surface area (Å²) >= 11 is 13.8. The Morgan fingerprint density at radius 1 is 1.00 bits per heavy atom. The van der Waals surface area contributed by atoms with Crippen molar-refractivity contribution in [1.82, 2.24) is 12.3 Å². The Labute approximate surface area is 146 Å². The minimum absolute atomic E-state index is 0. The van der Waals surface area contributed by atoms with Crippen LogP contribution in [0.4, 0.5) is 13.2 Å². The Morgan fingerprint density at radius 3 is 1.64 bits per heavy atom. The highest BCUT2D eigenvalue weighted by atomic mass is 35.5. The third-order valence-electron chi connectivity index (χ3n) is 1.52. The van der Waals surface area contributed by atoms with Crippen molar-refractivity contribution in [2.75, 3.05) is 0 Å². The Kier molecular flexibility index (Phi) is 26.7. The van der Waals surface area contributed by atoms with Gasteiger partial charge >= 0.3 is 6.18 Å². The molecule has 0 radical (unpaired) electrons. The van der Waals surface area contributed by atoms with Crippen LogP contribution < -0.4 is 12.3 Å². The summed E-state index contributed by atoms with van der Waals surface area (Å²) < 4.78 is 37.1. The average Bonchev–Trinajstić information content (AvgIpc) is 2.44. The summed E-state index contributed by atoms with van der Waals surface area (Å²) in [6.07, 6.45) is -4.47. The average molecular weight is 375 g/mol. The fourth-order valence-electron chi connectivity index (χ4n) is 0.876. The Morgan fingerprint density at radius 2 is 1.36 bits per heavy atom. The van der Waals surface area contributed by atoms with E-state index in [1.165, 1.54) is 6.07 Å². The van der Waals surface area contributed by atoms with Crippen molar-refractivity contribution in [2.24, 2.45) is 0 Å². The molecule has 0 bridgehead atoms. The maximum Gasteiger partial charge on any atom is 0.417 e. The van der Waals surface area contributed by atoms with Crippen LogP contribution in [0.2, 0.25) is 5.02 Å². The van der Waals surface area contributed by atoms with E-state index in [9.17, 15) is 13.2 Å². The molecule has 0 spiro atoms. The van der Waals surface area contributed by atoms with E-state index in [0.29, 0.717) is 0 Å². The van der Waals surface area contributed by atoms with Gasteiger partial charge in [0.15, 0.2) is 0 Å². The lowest BCUT2D eigenvalue weighted by Gasteiger charge is -2.09. The second kappa shape index (κ2) is 17.9. The van der Waals surface area contributed by atoms with Crippen molar-refractivity contribution < 1.29 is 13.2 Å². The lowest BCUT2D eigenvalue weighted by molar-refractivity contribution is -0.137. The van der Waals surface area contributed by atoms with Crippen LogP contribution in [0.1, 0.15) is 11.1 Å². The molecule has 0 fully saturated rings. The van der Waals surface area contributed by atoms with E-state index in [4.69, 9.17) is 11.6 Å². The molecule has 0 saturated heterocycles. The number of hydrogen-bond acceptors (Lipinski definition) is 3. The molecule has 0 aliphatic heterocycles. The summed E-state index contributed by atoms with van der Waals surface area (Å²) in [5.41, 5.74) is -0.659. The second-order valence-electron chi connectivity index (χ2n) is 2.50. The first-order valence-electron chi connectivity index (χ1n) is 4.92. The van der Waals surface area contributed by atoms with Crippen LogP contribution in [0.5, 0.6) is 0 Å². The molecule has 128 valence electrons. The van der Waals surface area contributed by atoms with Gasteiger partial charge in [0.25, 0.3) is 0 Å². The van der Waals surface area contributed by atoms with Crippen LogP contribution in [-0.4, -0.2) is 4.20 Å². The van der Waals surface area contributed by atoms with Crippen LogP contribution in [0.25, 0.3) is 0 Å². The van der Waals surface area contributed by atoms with Gasteiger partial charge in [-0.1, -0.05) is 29.9 Å². The normalized spacial score (nSPS) is 7.86. The van der Waals surface area contributed by atoms with Gasteiger partial charge in [0, 0.05) is 0 Å². The van der Waals surface area contributed by atoms with E-state index in [-0.39, 0.29) is 27.1 Å². The lowest BCUT2D eigenvalue weighted by atomic mass is 10.1. The van der Waals surface area contributed by atoms with Crippen molar-refractivity contribution >= 4 is 40.6 Å². The number of benzene rings is 1. The van der Waals surface area contributed by atoms with Gasteiger partial charge in [-0.15, -0.1) is 52.1 Å². The summed E-state index contributed by atoms with van der Waals surface area (Å²) in [5, 5.41) is -0.342. The van der Waals surface area contributed by atoms with Crippen molar-refractivity contribution in [2.45, 2.75) is 6.18 Å². The monoisotopic (exact) mass is 374 g/mol. The number of alkyl halides is 3. The maximum atomic E-state index is 12.3. The number of halogens is 4. The highest BCUT2D eigenvalue weighted by Gasteiger charge is 2.33. The standard InChI is InChI=1S/C8H4ClF3S2.3C2H4.2H3N/c9-6-2-1-4(7(13)14)3-5(6)8(10,11)12;3*1-2;;/h1-3H,(H,13,14);3*1-2H2;2*1H3. The third-order valence-corrected chi connectivity index (χ3v) is 2.34. The summed E-state index contributed by atoms with van der Waals surface area (Å²) in [7, 11) is 0. The van der Waals surface area contributed by atoms with Gasteiger partial charge in [-0.25, -0.2) is 0 Å². The van der Waals surface area contributed by atoms with Gasteiger partial charge < -0.3 is 12.3 Å². The number of thiol groups is 1. The van der Waals surface area contributed by atoms with Crippen LogP contribution >= 0.6 is 36.4 Å². The van der Waals surface area contributed by atoms with Gasteiger partial charge in [0.05, 0.1) is 14.8 Å². The zero-order chi connectivity index (χ0) is 16.9. The molecular weight excluding hydrogens is 353 g/mol. The number of rotatable bonds is 1. The molecule has 22 heavy (non-hydrogen) atoms. The minimum atomic E-state index is -4.47. The maximum absolute atomic E-state index is 12.3. The molecule has 2 nitrogen and oxygen atoms in total. The smallest absolute Gasteiger partial charge is 0.344 e. The van der Waals surface area contributed by atoms with Crippen molar-refractivity contribution in [3.8, 4) is 0 Å². The SMILES string of the molecule is C=C.C=C.C=C.FC(F)(F)c1cc(C(=S)S)ccc1Cl.N.N. The lowest BCUT2D eigenvalue weighted by Crippen LogP contribution is -2.07. The van der Waals surface area contributed by atoms with E-state index in [0.717, 1.165) is 12.1 Å². The molecule has 0 aliphatic carbocycles. The van der Waals surface area contributed by atoms with Gasteiger partial charge in [-0.05, 0) is 17.7 Å². The van der Waals surface area contributed by atoms with E-state index >= 15 is 0 Å². The van der Waals surface area contributed by atoms with E-state index in [1.54, 1.807) is 0 Å². The van der Waals surface area contributed by atoms with Crippen molar-refractivity contribution in [3.63, 3.8) is 0 Å². The molecule has 0 aliphatic rings. The summed E-state index contributed by atoms with van der Waals surface area (Å²) in [4.78, 5) is 0. The van der Waals surface area contributed by atoms with Gasteiger partial charge in [-0.3, -0.25) is 0 Å². The molecule has 0 aromatic heterocycles. The van der Waals surface area contributed by atoms with E-state index in [1.807, 2.05) is 0 Å². The highest BCUT2D eigenvalue weighted by Crippen LogP contribution is 2.35. The molecule has 0 saturated carbocycles. The molecule has 0 heterocycles. The Bertz CT molecular complexity index is 422. The van der Waals surface area contributed by atoms with Gasteiger partial charge in [-0.2, -0.15) is 13.2 Å². The first kappa shape index (κ1) is 32.7. The third kappa shape index (κ3) is 12.6. The topological polar surface area (TPSA) is 70.0 Å². The highest BCUT2D eigenvalue weighted by molar-refractivity contribution is 8.11. The van der Waals surface area contributed by atoms with E-state index < -0.39 is 11.7 Å². The molecule has 1 rings (SSSR count). The van der Waals surface area contributed by atoms with E-state index in [2.05, 4.69) is 64.3 Å². The molecule has 6 N–H and O–H groups in total. The molecule has 0 amide bonds. The molecule has 1 aromatic rings. The first-order valence-corrected chi connectivity index (χ1v) is 6.16. The minimum Gasteiger partial charge on any atom is -0.344 e. The fraction of sp³-hybridized carbons (Fsp3) is 0.0714. The molecule has 0 atom stereocenters. The van der Waals surface area contributed by atoms with Crippen molar-refractivity contribution in [1.29, 1.82) is 0 Å². The largest absolute Gasteiger partial charge is 0.417 e. The fourth-order valence-corrected chi connectivity index (χ4v) is 1.37. The first-order chi connectivity index (χ1) is 9.32. The van der Waals surface area contributed by atoms with Crippen LogP contribution in [0.15, 0.2) is 57.7 Å². The van der Waals surface area contributed by atoms with Gasteiger partial charge in [0.1, 0.15) is 0 Å². The zero-order valence-corrected chi connectivity index (χ0v) is 14.7. The Balaban J connectivity index is -0.000000108. The molecular formula is C14H22ClF3N2S2. The number of thiocarbonyl (C=S) groups is 1. The van der Waals surface area contributed by atoms with Crippen molar-refractivity contribution in [3.05, 3.63) is 73.8 Å². The second-order valence-corrected chi connectivity index (χ2v) is 4.06. The summed E-state index contributed by atoms with van der Waals surface area (Å²) in [5.74, 6) is 0. The molecule has 8 heteroatoms. The van der Waals surface area contributed by atoms with Crippen LogP contribution in [-0.2, 0) is 6.18 Å². The molecule has 1 aromatic carbocycles. The number of hydrogen-bond donors (Lipinski definition) is 3. The Hall–Kier alpha value is -1.12. The summed E-state index contributed by atoms with van der Waals surface area (Å²) in [6, 6.07) is 3.44. The summed E-state index contributed by atoms with van der Waals surface area (Å²) in [6.45, 7) is 18.0. The molecule has 0 unspecified atom stereocenters. The van der Waals surface area contributed by atoms with Crippen LogP contribution in [0.3, 0.4) is 0 Å². The quantitative estimate of drug-likeness (QED) is 0.291. The van der Waals surface area contributed by atoms with Crippen LogP contribution in [0, 0.1) is 0 Å².